The van der Waals surface area contributed by atoms with E-state index >= 15 is 0 Å². The second kappa shape index (κ2) is 3.27. The van der Waals surface area contributed by atoms with E-state index in [-0.39, 0.29) is 11.5 Å². The molecular formula is C12H24O. The van der Waals surface area contributed by atoms with Gasteiger partial charge in [0.15, 0.2) is 0 Å². The van der Waals surface area contributed by atoms with E-state index in [1.807, 2.05) is 0 Å². The third-order valence-corrected chi connectivity index (χ3v) is 4.17. The van der Waals surface area contributed by atoms with Crippen LogP contribution in [0.3, 0.4) is 0 Å². The predicted octanol–water partition coefficient (Wildman–Crippen LogP) is 3.22. The van der Waals surface area contributed by atoms with Crippen molar-refractivity contribution in [3.63, 3.8) is 0 Å². The maximum Gasteiger partial charge on any atom is 0.0594 e. The Morgan fingerprint density at radius 2 is 1.77 bits per heavy atom. The fraction of sp³-hybridized carbons (Fsp3) is 1.00. The van der Waals surface area contributed by atoms with Gasteiger partial charge >= 0.3 is 0 Å². The summed E-state index contributed by atoms with van der Waals surface area (Å²) in [7, 11) is 0. The van der Waals surface area contributed by atoms with Gasteiger partial charge in [0.05, 0.1) is 6.10 Å². The average Bonchev–Trinajstić information content (AvgIpc) is 1.98. The summed E-state index contributed by atoms with van der Waals surface area (Å²) in [5.41, 5.74) is 0.494. The summed E-state index contributed by atoms with van der Waals surface area (Å²) in [4.78, 5) is 0. The molecule has 1 saturated carbocycles. The van der Waals surface area contributed by atoms with Gasteiger partial charge in [0.2, 0.25) is 0 Å². The van der Waals surface area contributed by atoms with Crippen molar-refractivity contribution >= 4 is 0 Å². The first-order valence-corrected chi connectivity index (χ1v) is 5.50. The van der Waals surface area contributed by atoms with Gasteiger partial charge in [-0.2, -0.15) is 0 Å². The average molecular weight is 184 g/mol. The molecule has 0 heterocycles. The van der Waals surface area contributed by atoms with Gasteiger partial charge in [-0.15, -0.1) is 0 Å². The zero-order chi connectivity index (χ0) is 10.3. The second-order valence-electron chi connectivity index (χ2n) is 5.83. The predicted molar refractivity (Wildman–Crippen MR) is 56.6 cm³/mol. The minimum absolute atomic E-state index is 0.0938. The molecule has 0 aromatic heterocycles. The van der Waals surface area contributed by atoms with Crippen LogP contribution in [-0.2, 0) is 0 Å². The molecule has 0 amide bonds. The lowest BCUT2D eigenvalue weighted by Gasteiger charge is -2.51. The van der Waals surface area contributed by atoms with Gasteiger partial charge < -0.3 is 5.11 Å². The van der Waals surface area contributed by atoms with Crippen molar-refractivity contribution < 1.29 is 5.11 Å². The highest BCUT2D eigenvalue weighted by Gasteiger charge is 2.47. The Balaban J connectivity index is 2.91. The van der Waals surface area contributed by atoms with Crippen LogP contribution in [0, 0.1) is 16.7 Å². The van der Waals surface area contributed by atoms with Gasteiger partial charge in [-0.1, -0.05) is 41.0 Å². The first-order chi connectivity index (χ1) is 5.82. The molecule has 1 aliphatic carbocycles. The van der Waals surface area contributed by atoms with Gasteiger partial charge in [-0.05, 0) is 29.6 Å². The Hall–Kier alpha value is -0.0400. The highest BCUT2D eigenvalue weighted by atomic mass is 16.3. The maximum atomic E-state index is 9.97. The van der Waals surface area contributed by atoms with E-state index in [9.17, 15) is 5.11 Å². The van der Waals surface area contributed by atoms with Crippen LogP contribution >= 0.6 is 0 Å². The molecule has 0 spiro atoms. The Morgan fingerprint density at radius 3 is 2.15 bits per heavy atom. The van der Waals surface area contributed by atoms with Gasteiger partial charge in [-0.25, -0.2) is 0 Å². The Bertz CT molecular complexity index is 182. The van der Waals surface area contributed by atoms with Crippen LogP contribution in [0.25, 0.3) is 0 Å². The molecule has 2 unspecified atom stereocenters. The number of rotatable bonds is 1. The monoisotopic (exact) mass is 184 g/mol. The van der Waals surface area contributed by atoms with E-state index in [1.54, 1.807) is 0 Å². The quantitative estimate of drug-likeness (QED) is 0.663. The summed E-state index contributed by atoms with van der Waals surface area (Å²) in [5, 5.41) is 9.97. The van der Waals surface area contributed by atoms with Crippen molar-refractivity contribution in [1.29, 1.82) is 0 Å². The summed E-state index contributed by atoms with van der Waals surface area (Å²) in [6.07, 6.45) is 3.20. The first-order valence-electron chi connectivity index (χ1n) is 5.50. The Labute approximate surface area is 82.5 Å². The number of aliphatic hydroxyl groups excluding tert-OH is 1. The van der Waals surface area contributed by atoms with Crippen LogP contribution in [0.1, 0.15) is 53.9 Å². The molecular weight excluding hydrogens is 160 g/mol. The zero-order valence-corrected chi connectivity index (χ0v) is 9.72. The van der Waals surface area contributed by atoms with E-state index in [1.165, 1.54) is 6.42 Å². The molecule has 2 atom stereocenters. The van der Waals surface area contributed by atoms with Crippen molar-refractivity contribution in [2.45, 2.75) is 60.0 Å². The van der Waals surface area contributed by atoms with Crippen molar-refractivity contribution in [1.82, 2.24) is 0 Å². The van der Waals surface area contributed by atoms with E-state index < -0.39 is 0 Å². The molecule has 0 aromatic rings. The molecule has 1 heteroatoms. The van der Waals surface area contributed by atoms with Crippen LogP contribution in [0.2, 0.25) is 0 Å². The summed E-state index contributed by atoms with van der Waals surface area (Å²) in [6.45, 7) is 11.4. The molecule has 1 nitrogen and oxygen atoms in total. The molecule has 0 saturated heterocycles. The summed E-state index contributed by atoms with van der Waals surface area (Å²) < 4.78 is 0. The van der Waals surface area contributed by atoms with Gasteiger partial charge in [0.25, 0.3) is 0 Å². The van der Waals surface area contributed by atoms with E-state index in [2.05, 4.69) is 34.6 Å². The lowest BCUT2D eigenvalue weighted by Crippen LogP contribution is -2.48. The Kier molecular flexibility index (Phi) is 2.78. The van der Waals surface area contributed by atoms with Crippen LogP contribution in [0.5, 0.6) is 0 Å². The molecule has 0 radical (unpaired) electrons. The number of hydrogen-bond donors (Lipinski definition) is 1. The molecule has 78 valence electrons. The lowest BCUT2D eigenvalue weighted by atomic mass is 9.55. The molecule has 1 rings (SSSR count). The highest BCUT2D eigenvalue weighted by molar-refractivity contribution is 4.97. The Morgan fingerprint density at radius 1 is 1.23 bits per heavy atom. The SMILES string of the molecule is CCC1C(C)(C)CCC(O)C1(C)C. The fourth-order valence-electron chi connectivity index (χ4n) is 3.37. The van der Waals surface area contributed by atoms with E-state index in [4.69, 9.17) is 0 Å². The fourth-order valence-corrected chi connectivity index (χ4v) is 3.37. The zero-order valence-electron chi connectivity index (χ0n) is 9.72. The lowest BCUT2D eigenvalue weighted by molar-refractivity contribution is -0.0892. The van der Waals surface area contributed by atoms with Crippen molar-refractivity contribution in [2.24, 2.45) is 16.7 Å². The van der Waals surface area contributed by atoms with E-state index in [0.717, 1.165) is 12.8 Å². The van der Waals surface area contributed by atoms with Crippen LogP contribution < -0.4 is 0 Å². The summed E-state index contributed by atoms with van der Waals surface area (Å²) in [5.74, 6) is 0.642. The van der Waals surface area contributed by atoms with Crippen molar-refractivity contribution in [3.8, 4) is 0 Å². The maximum absolute atomic E-state index is 9.97. The third-order valence-electron chi connectivity index (χ3n) is 4.17. The second-order valence-corrected chi connectivity index (χ2v) is 5.83. The van der Waals surface area contributed by atoms with Crippen LogP contribution in [-0.4, -0.2) is 11.2 Å². The van der Waals surface area contributed by atoms with Gasteiger partial charge in [0.1, 0.15) is 0 Å². The molecule has 0 bridgehead atoms. The third kappa shape index (κ3) is 1.76. The minimum Gasteiger partial charge on any atom is -0.393 e. The van der Waals surface area contributed by atoms with Gasteiger partial charge in [0, 0.05) is 0 Å². The molecule has 1 N–H and O–H groups in total. The molecule has 0 aromatic carbocycles. The highest BCUT2D eigenvalue weighted by Crippen LogP contribution is 2.52. The minimum atomic E-state index is -0.106. The molecule has 1 fully saturated rings. The largest absolute Gasteiger partial charge is 0.393 e. The standard InChI is InChI=1S/C12H24O/c1-6-9-11(2,3)8-7-10(13)12(9,4)5/h9-10,13H,6-8H2,1-5H3. The summed E-state index contributed by atoms with van der Waals surface area (Å²) >= 11 is 0. The van der Waals surface area contributed by atoms with Crippen LogP contribution in [0.15, 0.2) is 0 Å². The number of aliphatic hydroxyl groups is 1. The molecule has 0 aliphatic heterocycles. The normalized spacial score (nSPS) is 37.4. The first kappa shape index (κ1) is 11.0. The molecule has 1 aliphatic rings. The van der Waals surface area contributed by atoms with Crippen molar-refractivity contribution in [3.05, 3.63) is 0 Å². The number of hydrogen-bond acceptors (Lipinski definition) is 1. The van der Waals surface area contributed by atoms with Crippen LogP contribution in [0.4, 0.5) is 0 Å². The van der Waals surface area contributed by atoms with Crippen molar-refractivity contribution in [2.75, 3.05) is 0 Å². The summed E-state index contributed by atoms with van der Waals surface area (Å²) in [6, 6.07) is 0. The topological polar surface area (TPSA) is 20.2 Å². The smallest absolute Gasteiger partial charge is 0.0594 e. The van der Waals surface area contributed by atoms with Gasteiger partial charge in [-0.3, -0.25) is 0 Å². The van der Waals surface area contributed by atoms with E-state index in [0.29, 0.717) is 11.3 Å². The molecule has 13 heavy (non-hydrogen) atoms.